The van der Waals surface area contributed by atoms with E-state index in [2.05, 4.69) is 19.2 Å². The summed E-state index contributed by atoms with van der Waals surface area (Å²) in [5.41, 5.74) is -0.645. The highest BCUT2D eigenvalue weighted by Gasteiger charge is 2.53. The predicted octanol–water partition coefficient (Wildman–Crippen LogP) is 2.47. The van der Waals surface area contributed by atoms with Crippen LogP contribution in [0.2, 0.25) is 0 Å². The lowest BCUT2D eigenvalue weighted by atomic mass is 9.89. The van der Waals surface area contributed by atoms with Crippen LogP contribution in [0.1, 0.15) is 65.7 Å². The Hall–Kier alpha value is -1.06. The van der Waals surface area contributed by atoms with Crippen LogP contribution >= 0.6 is 0 Å². The molecule has 1 saturated carbocycles. The van der Waals surface area contributed by atoms with E-state index >= 15 is 0 Å². The Labute approximate surface area is 122 Å². The average molecular weight is 280 g/mol. The molecule has 20 heavy (non-hydrogen) atoms. The molecule has 0 bridgehead atoms. The summed E-state index contributed by atoms with van der Waals surface area (Å²) in [4.78, 5) is 26.8. The van der Waals surface area contributed by atoms with Crippen molar-refractivity contribution >= 4 is 11.8 Å². The summed E-state index contributed by atoms with van der Waals surface area (Å²) in [6.45, 7) is 6.48. The fourth-order valence-corrected chi connectivity index (χ4v) is 3.37. The fourth-order valence-electron chi connectivity index (χ4n) is 3.37. The zero-order chi connectivity index (χ0) is 14.8. The number of hydrogen-bond acceptors (Lipinski definition) is 2. The van der Waals surface area contributed by atoms with Crippen molar-refractivity contribution in [3.8, 4) is 0 Å². The van der Waals surface area contributed by atoms with Crippen LogP contribution < -0.4 is 5.32 Å². The molecule has 1 N–H and O–H groups in total. The maximum Gasteiger partial charge on any atom is 0.249 e. The Bertz CT molecular complexity index is 379. The summed E-state index contributed by atoms with van der Waals surface area (Å²) in [6.07, 6.45) is 7.45. The standard InChI is InChI=1S/C16H28N2O2/c1-4-6-8-13(7-5-2)18-11-14(19)17-16(3,15(18)20)12-9-10-12/h12-13H,4-11H2,1-3H3,(H,17,19). The normalized spacial score (nSPS) is 28.4. The molecular formula is C16H28N2O2. The summed E-state index contributed by atoms with van der Waals surface area (Å²) in [6, 6.07) is 0.233. The lowest BCUT2D eigenvalue weighted by Crippen LogP contribution is -2.68. The van der Waals surface area contributed by atoms with Gasteiger partial charge in [0.15, 0.2) is 0 Å². The first-order chi connectivity index (χ1) is 9.52. The van der Waals surface area contributed by atoms with Crippen molar-refractivity contribution in [2.75, 3.05) is 6.54 Å². The van der Waals surface area contributed by atoms with Gasteiger partial charge in [-0.1, -0.05) is 33.1 Å². The Morgan fingerprint density at radius 3 is 2.50 bits per heavy atom. The molecule has 0 spiro atoms. The molecule has 2 amide bonds. The van der Waals surface area contributed by atoms with Gasteiger partial charge in [0.05, 0.1) is 6.54 Å². The van der Waals surface area contributed by atoms with Gasteiger partial charge in [0.1, 0.15) is 5.54 Å². The number of nitrogens with one attached hydrogen (secondary N) is 1. The fraction of sp³-hybridized carbons (Fsp3) is 0.875. The van der Waals surface area contributed by atoms with E-state index < -0.39 is 5.54 Å². The summed E-state index contributed by atoms with van der Waals surface area (Å²) < 4.78 is 0. The molecule has 1 saturated heterocycles. The second kappa shape index (κ2) is 6.15. The van der Waals surface area contributed by atoms with Crippen LogP contribution in [-0.2, 0) is 9.59 Å². The molecule has 0 aromatic carbocycles. The summed E-state index contributed by atoms with van der Waals surface area (Å²) in [7, 11) is 0. The van der Waals surface area contributed by atoms with Gasteiger partial charge in [-0.2, -0.15) is 0 Å². The Kier molecular flexibility index (Phi) is 4.71. The second-order valence-corrected chi connectivity index (χ2v) is 6.54. The molecule has 2 aliphatic rings. The highest BCUT2D eigenvalue weighted by Crippen LogP contribution is 2.42. The van der Waals surface area contributed by atoms with E-state index in [0.717, 1.165) is 44.9 Å². The predicted molar refractivity (Wildman–Crippen MR) is 79.2 cm³/mol. The van der Waals surface area contributed by atoms with Gasteiger partial charge < -0.3 is 10.2 Å². The maximum atomic E-state index is 12.9. The van der Waals surface area contributed by atoms with Crippen molar-refractivity contribution in [2.24, 2.45) is 5.92 Å². The molecule has 1 aliphatic carbocycles. The Morgan fingerprint density at radius 2 is 1.95 bits per heavy atom. The molecule has 114 valence electrons. The van der Waals surface area contributed by atoms with Gasteiger partial charge in [0.25, 0.3) is 0 Å². The highest BCUT2D eigenvalue weighted by molar-refractivity contribution is 5.98. The number of hydrogen-bond donors (Lipinski definition) is 1. The molecule has 4 nitrogen and oxygen atoms in total. The van der Waals surface area contributed by atoms with Crippen molar-refractivity contribution in [3.05, 3.63) is 0 Å². The quantitative estimate of drug-likeness (QED) is 0.779. The van der Waals surface area contributed by atoms with E-state index in [-0.39, 0.29) is 24.4 Å². The molecule has 2 atom stereocenters. The molecule has 2 unspecified atom stereocenters. The van der Waals surface area contributed by atoms with Gasteiger partial charge >= 0.3 is 0 Å². The Balaban J connectivity index is 2.14. The molecule has 1 aliphatic heterocycles. The largest absolute Gasteiger partial charge is 0.340 e. The number of carbonyl (C=O) groups is 2. The van der Waals surface area contributed by atoms with Gasteiger partial charge in [-0.05, 0) is 38.5 Å². The van der Waals surface area contributed by atoms with E-state index in [1.807, 2.05) is 11.8 Å². The third-order valence-electron chi connectivity index (χ3n) is 4.77. The van der Waals surface area contributed by atoms with Crippen molar-refractivity contribution in [2.45, 2.75) is 77.3 Å². The van der Waals surface area contributed by atoms with E-state index in [0.29, 0.717) is 5.92 Å². The SMILES string of the molecule is CCCCC(CCC)N1CC(=O)NC(C)(C2CC2)C1=O. The molecule has 1 heterocycles. The minimum atomic E-state index is -0.645. The number of rotatable bonds is 7. The topological polar surface area (TPSA) is 49.4 Å². The number of amides is 2. The second-order valence-electron chi connectivity index (χ2n) is 6.54. The smallest absolute Gasteiger partial charge is 0.249 e. The molecule has 0 aromatic heterocycles. The zero-order valence-corrected chi connectivity index (χ0v) is 13.1. The molecule has 2 fully saturated rings. The van der Waals surface area contributed by atoms with Gasteiger partial charge in [0, 0.05) is 6.04 Å². The first kappa shape index (κ1) is 15.3. The number of piperazine rings is 1. The molecular weight excluding hydrogens is 252 g/mol. The first-order valence-electron chi connectivity index (χ1n) is 8.15. The summed E-state index contributed by atoms with van der Waals surface area (Å²) in [5.74, 6) is 0.501. The minimum absolute atomic E-state index is 0.0107. The zero-order valence-electron chi connectivity index (χ0n) is 13.1. The van der Waals surface area contributed by atoms with Crippen molar-refractivity contribution < 1.29 is 9.59 Å². The highest BCUT2D eigenvalue weighted by atomic mass is 16.2. The van der Waals surface area contributed by atoms with Crippen molar-refractivity contribution in [1.29, 1.82) is 0 Å². The number of carbonyl (C=O) groups excluding carboxylic acids is 2. The average Bonchev–Trinajstić information content (AvgIpc) is 3.23. The van der Waals surface area contributed by atoms with Crippen LogP contribution in [0.3, 0.4) is 0 Å². The van der Waals surface area contributed by atoms with Crippen LogP contribution in [-0.4, -0.2) is 34.8 Å². The van der Waals surface area contributed by atoms with Crippen LogP contribution in [0.25, 0.3) is 0 Å². The lowest BCUT2D eigenvalue weighted by Gasteiger charge is -2.43. The number of nitrogens with zero attached hydrogens (tertiary/aromatic N) is 1. The number of unbranched alkanes of at least 4 members (excludes halogenated alkanes) is 1. The van der Waals surface area contributed by atoms with Gasteiger partial charge in [-0.3, -0.25) is 9.59 Å². The van der Waals surface area contributed by atoms with Gasteiger partial charge in [0.2, 0.25) is 11.8 Å². The van der Waals surface area contributed by atoms with E-state index in [1.165, 1.54) is 0 Å². The molecule has 0 aromatic rings. The van der Waals surface area contributed by atoms with E-state index in [4.69, 9.17) is 0 Å². The first-order valence-corrected chi connectivity index (χ1v) is 8.15. The monoisotopic (exact) mass is 280 g/mol. The molecule has 0 radical (unpaired) electrons. The summed E-state index contributed by atoms with van der Waals surface area (Å²) >= 11 is 0. The summed E-state index contributed by atoms with van der Waals surface area (Å²) in [5, 5.41) is 2.96. The van der Waals surface area contributed by atoms with Gasteiger partial charge in [-0.25, -0.2) is 0 Å². The maximum absolute atomic E-state index is 12.9. The van der Waals surface area contributed by atoms with E-state index in [1.54, 1.807) is 0 Å². The minimum Gasteiger partial charge on any atom is -0.340 e. The van der Waals surface area contributed by atoms with Crippen molar-refractivity contribution in [3.63, 3.8) is 0 Å². The lowest BCUT2D eigenvalue weighted by molar-refractivity contribution is -0.153. The van der Waals surface area contributed by atoms with Crippen LogP contribution in [0, 0.1) is 5.92 Å². The molecule has 4 heteroatoms. The van der Waals surface area contributed by atoms with Gasteiger partial charge in [-0.15, -0.1) is 0 Å². The molecule has 2 rings (SSSR count). The van der Waals surface area contributed by atoms with Crippen LogP contribution in [0.4, 0.5) is 0 Å². The third kappa shape index (κ3) is 2.99. The van der Waals surface area contributed by atoms with Crippen LogP contribution in [0.15, 0.2) is 0 Å². The van der Waals surface area contributed by atoms with Crippen molar-refractivity contribution in [1.82, 2.24) is 10.2 Å². The van der Waals surface area contributed by atoms with Crippen LogP contribution in [0.5, 0.6) is 0 Å². The third-order valence-corrected chi connectivity index (χ3v) is 4.77. The Morgan fingerprint density at radius 1 is 1.25 bits per heavy atom. The van der Waals surface area contributed by atoms with E-state index in [9.17, 15) is 9.59 Å².